The number of ether oxygens (including phenoxy) is 1. The average molecular weight is 197 g/mol. The van der Waals surface area contributed by atoms with Crippen LogP contribution in [0.5, 0.6) is 0 Å². The Morgan fingerprint density at radius 2 is 2.36 bits per heavy atom. The zero-order valence-electron chi connectivity index (χ0n) is 8.43. The van der Waals surface area contributed by atoms with Gasteiger partial charge in [-0.3, -0.25) is 0 Å². The normalized spacial score (nSPS) is 29.4. The molecule has 0 aromatic carbocycles. The van der Waals surface area contributed by atoms with Crippen molar-refractivity contribution in [1.82, 2.24) is 10.1 Å². The number of rotatable bonds is 2. The molecule has 0 saturated carbocycles. The van der Waals surface area contributed by atoms with E-state index < -0.39 is 0 Å². The van der Waals surface area contributed by atoms with E-state index in [0.29, 0.717) is 18.3 Å². The second kappa shape index (κ2) is 3.67. The molecule has 14 heavy (non-hydrogen) atoms. The van der Waals surface area contributed by atoms with E-state index in [1.807, 2.05) is 13.8 Å². The highest BCUT2D eigenvalue weighted by atomic mass is 16.5. The molecule has 2 heterocycles. The SMILES string of the molecule is CC1CC(c2nc(C(C)N)no2)CO1. The Kier molecular flexibility index (Phi) is 2.52. The van der Waals surface area contributed by atoms with Gasteiger partial charge >= 0.3 is 0 Å². The second-order valence-electron chi connectivity index (χ2n) is 3.86. The Morgan fingerprint density at radius 1 is 1.57 bits per heavy atom. The van der Waals surface area contributed by atoms with Crippen molar-refractivity contribution in [1.29, 1.82) is 0 Å². The van der Waals surface area contributed by atoms with Gasteiger partial charge in [-0.1, -0.05) is 5.16 Å². The Labute approximate surface area is 82.6 Å². The first kappa shape index (κ1) is 9.61. The van der Waals surface area contributed by atoms with Gasteiger partial charge in [-0.15, -0.1) is 0 Å². The van der Waals surface area contributed by atoms with Gasteiger partial charge in [0.05, 0.1) is 24.7 Å². The van der Waals surface area contributed by atoms with Crippen LogP contribution in [0.3, 0.4) is 0 Å². The summed E-state index contributed by atoms with van der Waals surface area (Å²) in [5.41, 5.74) is 5.64. The van der Waals surface area contributed by atoms with Crippen molar-refractivity contribution in [3.63, 3.8) is 0 Å². The lowest BCUT2D eigenvalue weighted by molar-refractivity contribution is 0.122. The van der Waals surface area contributed by atoms with E-state index in [1.54, 1.807) is 0 Å². The predicted molar refractivity (Wildman–Crippen MR) is 49.7 cm³/mol. The fraction of sp³-hybridized carbons (Fsp3) is 0.778. The van der Waals surface area contributed by atoms with Gasteiger partial charge in [0.2, 0.25) is 5.89 Å². The summed E-state index contributed by atoms with van der Waals surface area (Å²) in [4.78, 5) is 4.24. The zero-order valence-corrected chi connectivity index (χ0v) is 8.43. The van der Waals surface area contributed by atoms with Crippen LogP contribution in [0, 0.1) is 0 Å². The molecule has 0 radical (unpaired) electrons. The van der Waals surface area contributed by atoms with Crippen molar-refractivity contribution in [2.75, 3.05) is 6.61 Å². The topological polar surface area (TPSA) is 74.2 Å². The number of nitrogens with zero attached hydrogens (tertiary/aromatic N) is 2. The van der Waals surface area contributed by atoms with Gasteiger partial charge in [-0.25, -0.2) is 0 Å². The Balaban J connectivity index is 2.09. The molecule has 5 heteroatoms. The number of nitrogens with two attached hydrogens (primary N) is 1. The van der Waals surface area contributed by atoms with Crippen LogP contribution in [0.2, 0.25) is 0 Å². The fourth-order valence-electron chi connectivity index (χ4n) is 1.59. The van der Waals surface area contributed by atoms with Crippen molar-refractivity contribution in [3.8, 4) is 0 Å². The molecule has 0 amide bonds. The van der Waals surface area contributed by atoms with Crippen LogP contribution in [-0.2, 0) is 4.74 Å². The molecule has 3 unspecified atom stereocenters. The molecule has 1 fully saturated rings. The van der Waals surface area contributed by atoms with Gasteiger partial charge in [0, 0.05) is 0 Å². The van der Waals surface area contributed by atoms with Crippen LogP contribution >= 0.6 is 0 Å². The fourth-order valence-corrected chi connectivity index (χ4v) is 1.59. The summed E-state index contributed by atoms with van der Waals surface area (Å²) in [5.74, 6) is 1.46. The summed E-state index contributed by atoms with van der Waals surface area (Å²) in [5, 5.41) is 3.82. The van der Waals surface area contributed by atoms with Crippen molar-refractivity contribution in [3.05, 3.63) is 11.7 Å². The lowest BCUT2D eigenvalue weighted by Crippen LogP contribution is -2.07. The summed E-state index contributed by atoms with van der Waals surface area (Å²) in [6.45, 7) is 4.55. The van der Waals surface area contributed by atoms with Crippen molar-refractivity contribution in [2.45, 2.75) is 38.3 Å². The van der Waals surface area contributed by atoms with E-state index in [0.717, 1.165) is 6.42 Å². The second-order valence-corrected chi connectivity index (χ2v) is 3.86. The smallest absolute Gasteiger partial charge is 0.232 e. The minimum Gasteiger partial charge on any atom is -0.378 e. The molecular formula is C9H15N3O2. The number of hydrogen-bond acceptors (Lipinski definition) is 5. The molecule has 1 aliphatic rings. The molecule has 2 N–H and O–H groups in total. The highest BCUT2D eigenvalue weighted by molar-refractivity contribution is 4.99. The van der Waals surface area contributed by atoms with Gasteiger partial charge < -0.3 is 15.0 Å². The lowest BCUT2D eigenvalue weighted by Gasteiger charge is -1.98. The van der Waals surface area contributed by atoms with Gasteiger partial charge in [0.15, 0.2) is 5.82 Å². The molecule has 0 spiro atoms. The zero-order chi connectivity index (χ0) is 10.1. The van der Waals surface area contributed by atoms with E-state index in [9.17, 15) is 0 Å². The summed E-state index contributed by atoms with van der Waals surface area (Å²) in [7, 11) is 0. The standard InChI is InChI=1S/C9H15N3O2/c1-5-3-7(4-13-5)9-11-8(6(2)10)12-14-9/h5-7H,3-4,10H2,1-2H3. The van der Waals surface area contributed by atoms with Gasteiger partial charge in [0.25, 0.3) is 0 Å². The molecule has 1 aliphatic heterocycles. The maximum atomic E-state index is 5.64. The van der Waals surface area contributed by atoms with Crippen molar-refractivity contribution in [2.24, 2.45) is 5.73 Å². The third-order valence-corrected chi connectivity index (χ3v) is 2.41. The first-order valence-electron chi connectivity index (χ1n) is 4.87. The van der Waals surface area contributed by atoms with Crippen LogP contribution in [0.4, 0.5) is 0 Å². The number of aromatic nitrogens is 2. The van der Waals surface area contributed by atoms with Crippen LogP contribution in [0.15, 0.2) is 4.52 Å². The monoisotopic (exact) mass is 197 g/mol. The average Bonchev–Trinajstić information content (AvgIpc) is 2.70. The van der Waals surface area contributed by atoms with Gasteiger partial charge in [0.1, 0.15) is 0 Å². The van der Waals surface area contributed by atoms with Crippen LogP contribution in [0.25, 0.3) is 0 Å². The number of hydrogen-bond donors (Lipinski definition) is 1. The molecule has 2 rings (SSSR count). The lowest BCUT2D eigenvalue weighted by atomic mass is 10.1. The van der Waals surface area contributed by atoms with E-state index in [4.69, 9.17) is 15.0 Å². The summed E-state index contributed by atoms with van der Waals surface area (Å²) in [6, 6.07) is -0.174. The van der Waals surface area contributed by atoms with Crippen LogP contribution in [-0.4, -0.2) is 22.9 Å². The molecule has 78 valence electrons. The van der Waals surface area contributed by atoms with E-state index in [-0.39, 0.29) is 18.1 Å². The van der Waals surface area contributed by atoms with Crippen molar-refractivity contribution >= 4 is 0 Å². The third kappa shape index (κ3) is 1.78. The Bertz CT molecular complexity index is 311. The Hall–Kier alpha value is -0.940. The maximum absolute atomic E-state index is 5.64. The molecule has 0 bridgehead atoms. The summed E-state index contributed by atoms with van der Waals surface area (Å²) < 4.78 is 10.6. The minimum absolute atomic E-state index is 0.174. The molecule has 1 saturated heterocycles. The highest BCUT2D eigenvalue weighted by Crippen LogP contribution is 2.28. The first-order valence-corrected chi connectivity index (χ1v) is 4.87. The predicted octanol–water partition coefficient (Wildman–Crippen LogP) is 0.982. The van der Waals surface area contributed by atoms with Gasteiger partial charge in [-0.2, -0.15) is 4.98 Å². The first-order chi connectivity index (χ1) is 6.66. The highest BCUT2D eigenvalue weighted by Gasteiger charge is 2.28. The largest absolute Gasteiger partial charge is 0.378 e. The molecule has 1 aromatic rings. The quantitative estimate of drug-likeness (QED) is 0.765. The minimum atomic E-state index is -0.174. The molecule has 3 atom stereocenters. The molecule has 0 aliphatic carbocycles. The van der Waals surface area contributed by atoms with Crippen molar-refractivity contribution < 1.29 is 9.26 Å². The van der Waals surface area contributed by atoms with Crippen LogP contribution in [0.1, 0.15) is 43.9 Å². The summed E-state index contributed by atoms with van der Waals surface area (Å²) in [6.07, 6.45) is 1.23. The molecule has 1 aromatic heterocycles. The van der Waals surface area contributed by atoms with E-state index in [2.05, 4.69) is 10.1 Å². The van der Waals surface area contributed by atoms with E-state index >= 15 is 0 Å². The van der Waals surface area contributed by atoms with E-state index in [1.165, 1.54) is 0 Å². The third-order valence-electron chi connectivity index (χ3n) is 2.41. The summed E-state index contributed by atoms with van der Waals surface area (Å²) >= 11 is 0. The maximum Gasteiger partial charge on any atom is 0.232 e. The molecular weight excluding hydrogens is 182 g/mol. The van der Waals surface area contributed by atoms with Crippen LogP contribution < -0.4 is 5.73 Å². The van der Waals surface area contributed by atoms with Gasteiger partial charge in [-0.05, 0) is 20.3 Å². The molecule has 5 nitrogen and oxygen atoms in total. The Morgan fingerprint density at radius 3 is 2.86 bits per heavy atom.